The highest BCUT2D eigenvalue weighted by atomic mass is 79.9. The summed E-state index contributed by atoms with van der Waals surface area (Å²) in [6.07, 6.45) is 1.70. The Morgan fingerprint density at radius 1 is 1.20 bits per heavy atom. The monoisotopic (exact) mass is 273 g/mol. The molecule has 0 saturated carbocycles. The largest absolute Gasteiger partial charge is 0.508 e. The molecule has 0 radical (unpaired) electrons. The van der Waals surface area contributed by atoms with Crippen LogP contribution >= 0.6 is 15.9 Å². The van der Waals surface area contributed by atoms with Gasteiger partial charge < -0.3 is 15.1 Å². The van der Waals surface area contributed by atoms with Crippen LogP contribution in [0.2, 0.25) is 0 Å². The first-order valence-electron chi connectivity index (χ1n) is 4.86. The second kappa shape index (κ2) is 5.37. The summed E-state index contributed by atoms with van der Waals surface area (Å²) in [4.78, 5) is 2.09. The van der Waals surface area contributed by atoms with Crippen molar-refractivity contribution in [2.45, 2.75) is 12.8 Å². The molecule has 0 atom stereocenters. The van der Waals surface area contributed by atoms with Gasteiger partial charge in [-0.2, -0.15) is 0 Å². The number of halogens is 1. The molecular formula is C11H16BrNO2. The van der Waals surface area contributed by atoms with Gasteiger partial charge in [-0.15, -0.1) is 0 Å². The van der Waals surface area contributed by atoms with Gasteiger partial charge in [-0.05, 0) is 61.5 Å². The maximum absolute atomic E-state index is 9.63. The second-order valence-electron chi connectivity index (χ2n) is 3.80. The Morgan fingerprint density at radius 3 is 2.40 bits per heavy atom. The molecule has 0 aromatic heterocycles. The van der Waals surface area contributed by atoms with Crippen molar-refractivity contribution >= 4 is 15.9 Å². The minimum atomic E-state index is 0.174. The molecule has 84 valence electrons. The van der Waals surface area contributed by atoms with Gasteiger partial charge in [0.15, 0.2) is 0 Å². The van der Waals surface area contributed by atoms with Crippen LogP contribution < -0.4 is 0 Å². The van der Waals surface area contributed by atoms with Gasteiger partial charge in [0.05, 0.1) is 4.47 Å². The molecule has 1 aromatic carbocycles. The molecular weight excluding hydrogens is 258 g/mol. The Morgan fingerprint density at radius 2 is 1.80 bits per heavy atom. The first-order chi connectivity index (χ1) is 7.02. The van der Waals surface area contributed by atoms with E-state index in [0.29, 0.717) is 4.47 Å². The average Bonchev–Trinajstić information content (AvgIpc) is 2.17. The van der Waals surface area contributed by atoms with Crippen molar-refractivity contribution in [1.82, 2.24) is 4.90 Å². The fourth-order valence-electron chi connectivity index (χ4n) is 1.41. The van der Waals surface area contributed by atoms with Gasteiger partial charge in [-0.1, -0.05) is 0 Å². The number of hydrogen-bond acceptors (Lipinski definition) is 3. The molecule has 0 aliphatic carbocycles. The van der Waals surface area contributed by atoms with Crippen LogP contribution in [0.5, 0.6) is 11.5 Å². The Kier molecular flexibility index (Phi) is 4.42. The van der Waals surface area contributed by atoms with E-state index in [9.17, 15) is 10.2 Å². The molecule has 0 fully saturated rings. The molecule has 0 heterocycles. The smallest absolute Gasteiger partial charge is 0.130 e. The van der Waals surface area contributed by atoms with E-state index in [1.165, 1.54) is 12.1 Å². The zero-order valence-electron chi connectivity index (χ0n) is 9.00. The van der Waals surface area contributed by atoms with Crippen molar-refractivity contribution in [3.05, 3.63) is 22.2 Å². The third-order valence-electron chi connectivity index (χ3n) is 2.23. The number of benzene rings is 1. The Labute approximate surface area is 98.5 Å². The quantitative estimate of drug-likeness (QED) is 0.828. The third kappa shape index (κ3) is 3.39. The van der Waals surface area contributed by atoms with Crippen molar-refractivity contribution in [2.75, 3.05) is 20.6 Å². The van der Waals surface area contributed by atoms with Gasteiger partial charge in [0.1, 0.15) is 11.5 Å². The number of phenols is 2. The normalized spacial score (nSPS) is 10.9. The van der Waals surface area contributed by atoms with E-state index in [1.807, 2.05) is 14.1 Å². The fraction of sp³-hybridized carbons (Fsp3) is 0.455. The lowest BCUT2D eigenvalue weighted by Gasteiger charge is -2.11. The molecule has 0 spiro atoms. The molecule has 4 heteroatoms. The van der Waals surface area contributed by atoms with Crippen LogP contribution in [0.4, 0.5) is 0 Å². The molecule has 0 aliphatic rings. The van der Waals surface area contributed by atoms with Crippen molar-refractivity contribution in [2.24, 2.45) is 0 Å². The van der Waals surface area contributed by atoms with E-state index in [4.69, 9.17) is 0 Å². The van der Waals surface area contributed by atoms with Crippen molar-refractivity contribution in [3.63, 3.8) is 0 Å². The molecule has 0 unspecified atom stereocenters. The maximum atomic E-state index is 9.63. The standard InChI is InChI=1S/C11H16BrNO2/c1-13(2)7-3-4-8-9(14)5-6-10(15)11(8)12/h5-6,14-15H,3-4,7H2,1-2H3. The Hall–Kier alpha value is -0.740. The number of aromatic hydroxyl groups is 2. The highest BCUT2D eigenvalue weighted by Crippen LogP contribution is 2.34. The van der Waals surface area contributed by atoms with Crippen LogP contribution in [0.15, 0.2) is 16.6 Å². The Balaban J connectivity index is 2.71. The lowest BCUT2D eigenvalue weighted by molar-refractivity contribution is 0.396. The summed E-state index contributed by atoms with van der Waals surface area (Å²) >= 11 is 3.27. The number of nitrogens with zero attached hydrogens (tertiary/aromatic N) is 1. The summed E-state index contributed by atoms with van der Waals surface area (Å²) in [5.74, 6) is 0.408. The number of hydrogen-bond donors (Lipinski definition) is 2. The molecule has 0 bridgehead atoms. The minimum absolute atomic E-state index is 0.174. The van der Waals surface area contributed by atoms with E-state index < -0.39 is 0 Å². The van der Waals surface area contributed by atoms with Crippen molar-refractivity contribution < 1.29 is 10.2 Å². The summed E-state index contributed by atoms with van der Waals surface area (Å²) in [6, 6.07) is 3.00. The van der Waals surface area contributed by atoms with Crippen LogP contribution in [-0.2, 0) is 6.42 Å². The first-order valence-corrected chi connectivity index (χ1v) is 5.65. The lowest BCUT2D eigenvalue weighted by Crippen LogP contribution is -2.13. The van der Waals surface area contributed by atoms with Gasteiger partial charge in [0.25, 0.3) is 0 Å². The highest BCUT2D eigenvalue weighted by Gasteiger charge is 2.09. The van der Waals surface area contributed by atoms with E-state index in [2.05, 4.69) is 20.8 Å². The van der Waals surface area contributed by atoms with E-state index >= 15 is 0 Å². The SMILES string of the molecule is CN(C)CCCc1c(O)ccc(O)c1Br. The van der Waals surface area contributed by atoms with Crippen LogP contribution in [0.25, 0.3) is 0 Å². The molecule has 15 heavy (non-hydrogen) atoms. The van der Waals surface area contributed by atoms with Crippen molar-refractivity contribution in [1.29, 1.82) is 0 Å². The topological polar surface area (TPSA) is 43.7 Å². The van der Waals surface area contributed by atoms with Gasteiger partial charge >= 0.3 is 0 Å². The number of rotatable bonds is 4. The summed E-state index contributed by atoms with van der Waals surface area (Å²) in [7, 11) is 4.02. The zero-order chi connectivity index (χ0) is 11.4. The fourth-order valence-corrected chi connectivity index (χ4v) is 1.94. The molecule has 0 saturated heterocycles. The summed E-state index contributed by atoms with van der Waals surface area (Å²) in [6.45, 7) is 0.960. The molecule has 2 N–H and O–H groups in total. The minimum Gasteiger partial charge on any atom is -0.508 e. The van der Waals surface area contributed by atoms with Crippen LogP contribution in [-0.4, -0.2) is 35.8 Å². The van der Waals surface area contributed by atoms with Crippen LogP contribution in [0.1, 0.15) is 12.0 Å². The molecule has 3 nitrogen and oxygen atoms in total. The predicted molar refractivity (Wildman–Crippen MR) is 64.3 cm³/mol. The maximum Gasteiger partial charge on any atom is 0.130 e. The number of phenolic OH excluding ortho intramolecular Hbond substituents is 2. The average molecular weight is 274 g/mol. The second-order valence-corrected chi connectivity index (χ2v) is 4.60. The zero-order valence-corrected chi connectivity index (χ0v) is 10.6. The molecule has 0 amide bonds. The molecule has 0 aliphatic heterocycles. The van der Waals surface area contributed by atoms with Crippen molar-refractivity contribution in [3.8, 4) is 11.5 Å². The highest BCUT2D eigenvalue weighted by molar-refractivity contribution is 9.10. The van der Waals surface area contributed by atoms with E-state index in [-0.39, 0.29) is 11.5 Å². The van der Waals surface area contributed by atoms with E-state index in [1.54, 1.807) is 0 Å². The molecule has 1 rings (SSSR count). The summed E-state index contributed by atoms with van der Waals surface area (Å²) in [5.41, 5.74) is 0.775. The Bertz CT molecular complexity index is 340. The lowest BCUT2D eigenvalue weighted by atomic mass is 10.1. The summed E-state index contributed by atoms with van der Waals surface area (Å²) < 4.78 is 0.598. The third-order valence-corrected chi connectivity index (χ3v) is 3.12. The van der Waals surface area contributed by atoms with E-state index in [0.717, 1.165) is 24.9 Å². The van der Waals surface area contributed by atoms with Gasteiger partial charge in [0.2, 0.25) is 0 Å². The summed E-state index contributed by atoms with van der Waals surface area (Å²) in [5, 5.41) is 19.1. The predicted octanol–water partition coefficient (Wildman–Crippen LogP) is 2.35. The van der Waals surface area contributed by atoms with Crippen LogP contribution in [0, 0.1) is 0 Å². The first kappa shape index (κ1) is 12.3. The van der Waals surface area contributed by atoms with Gasteiger partial charge in [0, 0.05) is 5.56 Å². The van der Waals surface area contributed by atoms with Gasteiger partial charge in [-0.25, -0.2) is 0 Å². The van der Waals surface area contributed by atoms with Gasteiger partial charge in [-0.3, -0.25) is 0 Å². The molecule has 1 aromatic rings. The van der Waals surface area contributed by atoms with Crippen LogP contribution in [0.3, 0.4) is 0 Å².